The number of hydrogen-bond acceptors (Lipinski definition) is 10. The average molecular weight is 680 g/mol. The third-order valence-electron chi connectivity index (χ3n) is 7.98. The Morgan fingerprint density at radius 1 is 0.894 bits per heavy atom. The maximum atomic E-state index is 14.6. The van der Waals surface area contributed by atoms with E-state index < -0.39 is 70.9 Å². The van der Waals surface area contributed by atoms with Gasteiger partial charge >= 0.3 is 11.9 Å². The molecular formula is C33H37N3O9SSi. The highest BCUT2D eigenvalue weighted by Gasteiger charge is 2.66. The van der Waals surface area contributed by atoms with E-state index in [1.807, 2.05) is 81.4 Å². The van der Waals surface area contributed by atoms with Crippen LogP contribution in [0.1, 0.15) is 40.2 Å². The molecule has 12 nitrogen and oxygen atoms in total. The number of esters is 2. The number of azide groups is 1. The molecule has 0 aromatic heterocycles. The summed E-state index contributed by atoms with van der Waals surface area (Å²) in [5.41, 5.74) is 7.80. The topological polar surface area (TPSA) is 171 Å². The van der Waals surface area contributed by atoms with Gasteiger partial charge in [-0.2, -0.15) is 0 Å². The molecule has 0 saturated carbocycles. The molecule has 3 aromatic carbocycles. The summed E-state index contributed by atoms with van der Waals surface area (Å²) >= 11 is 0. The van der Waals surface area contributed by atoms with Crippen LogP contribution >= 0.6 is 0 Å². The van der Waals surface area contributed by atoms with E-state index in [-0.39, 0.29) is 4.90 Å². The second-order valence-corrected chi connectivity index (χ2v) is 18.4. The van der Waals surface area contributed by atoms with Crippen molar-refractivity contribution in [2.24, 2.45) is 5.11 Å². The van der Waals surface area contributed by atoms with Crippen LogP contribution < -0.4 is 10.4 Å². The minimum absolute atomic E-state index is 0.346. The van der Waals surface area contributed by atoms with Crippen molar-refractivity contribution in [3.63, 3.8) is 0 Å². The van der Waals surface area contributed by atoms with E-state index in [0.29, 0.717) is 0 Å². The Labute approximate surface area is 274 Å². The molecule has 248 valence electrons. The third kappa shape index (κ3) is 6.87. The number of nitrogens with zero attached hydrogens (tertiary/aromatic N) is 3. The number of hydrogen-bond donors (Lipinski definition) is 0. The summed E-state index contributed by atoms with van der Waals surface area (Å²) in [5.74, 6) is -1.77. The van der Waals surface area contributed by atoms with Gasteiger partial charge in [0.1, 0.15) is 6.04 Å². The zero-order valence-corrected chi connectivity index (χ0v) is 28.8. The molecule has 1 fully saturated rings. The lowest BCUT2D eigenvalue weighted by Gasteiger charge is -2.45. The minimum atomic E-state index is -4.88. The SMILES string of the molecule is CC(=O)OC1O[C@@](CO[Si](c2ccccc2)(c2ccccc2)C(C)(C)C)(C(=O)S(=O)(=O)c2ccc(C)cc2)[C@@H](N=[N+]=[N-])[C@H]1OC(C)=O. The number of sulfone groups is 1. The lowest BCUT2D eigenvalue weighted by atomic mass is 9.95. The molecule has 0 spiro atoms. The monoisotopic (exact) mass is 679 g/mol. The molecule has 4 rings (SSSR count). The van der Waals surface area contributed by atoms with Gasteiger partial charge in [0.05, 0.1) is 11.5 Å². The Kier molecular flexibility index (Phi) is 10.4. The molecule has 0 amide bonds. The van der Waals surface area contributed by atoms with Crippen molar-refractivity contribution in [1.29, 1.82) is 0 Å². The third-order valence-corrected chi connectivity index (χ3v) is 14.7. The van der Waals surface area contributed by atoms with Crippen LogP contribution in [0, 0.1) is 6.92 Å². The van der Waals surface area contributed by atoms with Crippen molar-refractivity contribution in [2.45, 2.75) is 75.5 Å². The summed E-state index contributed by atoms with van der Waals surface area (Å²) in [6.07, 6.45) is -3.50. The molecule has 1 aliphatic heterocycles. The molecule has 1 heterocycles. The first kappa shape index (κ1) is 35.5. The van der Waals surface area contributed by atoms with Crippen LogP contribution in [0.25, 0.3) is 10.4 Å². The average Bonchev–Trinajstić information content (AvgIpc) is 3.29. The molecule has 0 N–H and O–H groups in total. The van der Waals surface area contributed by atoms with Crippen molar-refractivity contribution >= 4 is 45.6 Å². The first-order valence-electron chi connectivity index (χ1n) is 14.8. The van der Waals surface area contributed by atoms with Crippen molar-refractivity contribution in [3.8, 4) is 0 Å². The lowest BCUT2D eigenvalue weighted by Crippen LogP contribution is -2.69. The number of ether oxygens (including phenoxy) is 3. The van der Waals surface area contributed by atoms with E-state index >= 15 is 0 Å². The van der Waals surface area contributed by atoms with Crippen molar-refractivity contribution in [1.82, 2.24) is 0 Å². The second-order valence-electron chi connectivity index (χ2n) is 12.3. The van der Waals surface area contributed by atoms with Gasteiger partial charge in [0, 0.05) is 18.8 Å². The van der Waals surface area contributed by atoms with E-state index in [1.54, 1.807) is 6.92 Å². The van der Waals surface area contributed by atoms with Gasteiger partial charge in [0.15, 0.2) is 11.7 Å². The van der Waals surface area contributed by atoms with Crippen molar-refractivity contribution < 1.29 is 41.4 Å². The molecule has 47 heavy (non-hydrogen) atoms. The maximum absolute atomic E-state index is 14.6. The maximum Gasteiger partial charge on any atom is 0.305 e. The Bertz CT molecular complexity index is 1740. The standard InChI is InChI=1S/C33H37N3O9SSi/c1-22-17-19-25(20-18-22)46(40,41)31(39)33(29(35-36-34)28(43-23(2)37)30(45-33)44-24(3)38)21-42-47(32(4,5)6,26-13-9-7-10-14-26)27-15-11-8-12-16-27/h7-20,28-30H,21H2,1-6H3/t28-,29+,30?,33-/m1/s1. The largest absolute Gasteiger partial charge is 0.455 e. The fourth-order valence-electron chi connectivity index (χ4n) is 5.92. The molecule has 4 atom stereocenters. The van der Waals surface area contributed by atoms with Crippen LogP contribution in [0.3, 0.4) is 0 Å². The van der Waals surface area contributed by atoms with Crippen molar-refractivity contribution in [2.75, 3.05) is 6.61 Å². The summed E-state index contributed by atoms with van der Waals surface area (Å²) < 4.78 is 51.9. The van der Waals surface area contributed by atoms with Gasteiger partial charge in [-0.1, -0.05) is 104 Å². The molecule has 1 unspecified atom stereocenters. The van der Waals surface area contributed by atoms with Gasteiger partial charge in [-0.05, 0) is 40.0 Å². The Hall–Kier alpha value is -4.33. The summed E-state index contributed by atoms with van der Waals surface area (Å²) in [7, 11) is -8.37. The predicted molar refractivity (Wildman–Crippen MR) is 175 cm³/mol. The zero-order valence-electron chi connectivity index (χ0n) is 26.9. The summed E-state index contributed by atoms with van der Waals surface area (Å²) in [6, 6.07) is 22.4. The molecule has 3 aromatic rings. The molecular weight excluding hydrogens is 643 g/mol. The highest BCUT2D eigenvalue weighted by molar-refractivity contribution is 8.06. The van der Waals surface area contributed by atoms with E-state index in [9.17, 15) is 28.3 Å². The summed E-state index contributed by atoms with van der Waals surface area (Å²) in [5, 5.41) is 3.21. The van der Waals surface area contributed by atoms with E-state index in [0.717, 1.165) is 29.8 Å². The highest BCUT2D eigenvalue weighted by atomic mass is 32.2. The molecule has 0 radical (unpaired) electrons. The highest BCUT2D eigenvalue weighted by Crippen LogP contribution is 2.43. The zero-order chi connectivity index (χ0) is 34.6. The second kappa shape index (κ2) is 13.8. The van der Waals surface area contributed by atoms with Crippen molar-refractivity contribution in [3.05, 3.63) is 101 Å². The van der Waals surface area contributed by atoms with Gasteiger partial charge in [-0.25, -0.2) is 8.42 Å². The Balaban J connectivity index is 2.01. The molecule has 0 aliphatic carbocycles. The Morgan fingerprint density at radius 3 is 1.85 bits per heavy atom. The van der Waals surface area contributed by atoms with Crippen LogP contribution in [0.2, 0.25) is 5.04 Å². The first-order chi connectivity index (χ1) is 22.1. The fraction of sp³-hybridized carbons (Fsp3) is 0.364. The number of rotatable bonds is 10. The van der Waals surface area contributed by atoms with Crippen LogP contribution in [0.5, 0.6) is 0 Å². The Morgan fingerprint density at radius 2 is 1.40 bits per heavy atom. The quantitative estimate of drug-likeness (QED) is 0.100. The van der Waals surface area contributed by atoms with E-state index in [4.69, 9.17) is 18.6 Å². The van der Waals surface area contributed by atoms with Gasteiger partial charge in [0.2, 0.25) is 16.1 Å². The van der Waals surface area contributed by atoms with Gasteiger partial charge in [0.25, 0.3) is 13.4 Å². The minimum Gasteiger partial charge on any atom is -0.455 e. The number of carbonyl (C=O) groups excluding carboxylic acids is 3. The molecule has 1 aliphatic rings. The van der Waals surface area contributed by atoms with Gasteiger partial charge in [-0.15, -0.1) is 0 Å². The number of carbonyl (C=O) groups is 3. The lowest BCUT2D eigenvalue weighted by molar-refractivity contribution is -0.206. The van der Waals surface area contributed by atoms with Crippen LogP contribution in [-0.4, -0.2) is 64.4 Å². The molecule has 0 bridgehead atoms. The number of benzene rings is 3. The number of aryl methyl sites for hydroxylation is 1. The van der Waals surface area contributed by atoms with Crippen LogP contribution in [0.4, 0.5) is 0 Å². The van der Waals surface area contributed by atoms with Crippen LogP contribution in [-0.2, 0) is 42.9 Å². The summed E-state index contributed by atoms with van der Waals surface area (Å²) in [4.78, 5) is 41.6. The summed E-state index contributed by atoms with van der Waals surface area (Å²) in [6.45, 7) is 9.01. The molecule has 14 heteroatoms. The van der Waals surface area contributed by atoms with Gasteiger partial charge < -0.3 is 18.6 Å². The smallest absolute Gasteiger partial charge is 0.305 e. The van der Waals surface area contributed by atoms with E-state index in [2.05, 4.69) is 10.0 Å². The van der Waals surface area contributed by atoms with Gasteiger partial charge in [-0.3, -0.25) is 14.4 Å². The predicted octanol–water partition coefficient (Wildman–Crippen LogP) is 4.14. The normalized spacial score (nSPS) is 21.4. The first-order valence-corrected chi connectivity index (χ1v) is 18.2. The fourth-order valence-corrected chi connectivity index (χ4v) is 11.9. The van der Waals surface area contributed by atoms with E-state index in [1.165, 1.54) is 24.3 Å². The molecule has 1 saturated heterocycles. The van der Waals surface area contributed by atoms with Crippen LogP contribution in [0.15, 0.2) is 94.9 Å².